The topological polar surface area (TPSA) is 19.0 Å². The summed E-state index contributed by atoms with van der Waals surface area (Å²) in [7, 11) is 4.05. The van der Waals surface area contributed by atoms with Crippen LogP contribution < -0.4 is 9.80 Å². The van der Waals surface area contributed by atoms with Crippen molar-refractivity contribution in [1.82, 2.24) is 4.90 Å². The van der Waals surface area contributed by atoms with Crippen LogP contribution in [0.25, 0.3) is 10.4 Å². The van der Waals surface area contributed by atoms with E-state index in [1.54, 1.807) is 0 Å². The van der Waals surface area contributed by atoms with Crippen LogP contribution in [0, 0.1) is 0 Å². The molecule has 2 aromatic rings. The Kier molecular flexibility index (Phi) is 5.48. The third-order valence-corrected chi connectivity index (χ3v) is 6.90. The molecule has 0 spiro atoms. The van der Waals surface area contributed by atoms with Crippen LogP contribution in [0.5, 0.6) is 0 Å². The zero-order chi connectivity index (χ0) is 17.9. The molecule has 0 atom stereocenters. The number of piperidine rings is 1. The van der Waals surface area contributed by atoms with Gasteiger partial charge in [-0.1, -0.05) is 30.3 Å². The molecule has 2 aliphatic heterocycles. The van der Waals surface area contributed by atoms with E-state index < -0.39 is 0 Å². The predicted octanol–water partition coefficient (Wildman–Crippen LogP) is 3.78. The van der Waals surface area contributed by atoms with Crippen LogP contribution in [-0.4, -0.2) is 64.4 Å². The van der Waals surface area contributed by atoms with E-state index in [1.807, 2.05) is 18.4 Å². The lowest BCUT2D eigenvalue weighted by atomic mass is 10.1. The van der Waals surface area contributed by atoms with Gasteiger partial charge in [0.15, 0.2) is 0 Å². The highest BCUT2D eigenvalue weighted by molar-refractivity contribution is 7.20. The van der Waals surface area contributed by atoms with Crippen molar-refractivity contribution in [2.75, 3.05) is 63.2 Å². The third kappa shape index (κ3) is 3.75. The lowest BCUT2D eigenvalue weighted by Crippen LogP contribution is -2.44. The Bertz CT molecular complexity index is 701. The SMILES string of the molecule is COC1CCN(c2cc(N3CCN(C)CC3)sc2-c2ccccc2)CC1. The molecule has 0 aliphatic carbocycles. The molecule has 2 fully saturated rings. The van der Waals surface area contributed by atoms with Crippen LogP contribution in [0.4, 0.5) is 10.7 Å². The Balaban J connectivity index is 1.63. The summed E-state index contributed by atoms with van der Waals surface area (Å²) in [5.74, 6) is 0. The minimum Gasteiger partial charge on any atom is -0.381 e. The quantitative estimate of drug-likeness (QED) is 0.814. The zero-order valence-electron chi connectivity index (χ0n) is 15.9. The number of hydrogen-bond donors (Lipinski definition) is 0. The predicted molar refractivity (Wildman–Crippen MR) is 112 cm³/mol. The Labute approximate surface area is 161 Å². The summed E-state index contributed by atoms with van der Waals surface area (Å²) in [4.78, 5) is 8.95. The maximum atomic E-state index is 5.56. The fraction of sp³-hybridized carbons (Fsp3) is 0.524. The van der Waals surface area contributed by atoms with Crippen LogP contribution in [0.3, 0.4) is 0 Å². The van der Waals surface area contributed by atoms with Crippen molar-refractivity contribution in [3.63, 3.8) is 0 Å². The van der Waals surface area contributed by atoms with Crippen LogP contribution in [0.1, 0.15) is 12.8 Å². The maximum Gasteiger partial charge on any atom is 0.0937 e. The first-order valence-electron chi connectivity index (χ1n) is 9.65. The van der Waals surface area contributed by atoms with Gasteiger partial charge in [0.25, 0.3) is 0 Å². The maximum absolute atomic E-state index is 5.56. The molecule has 140 valence electrons. The zero-order valence-corrected chi connectivity index (χ0v) is 16.7. The number of thiophene rings is 1. The second-order valence-corrected chi connectivity index (χ2v) is 8.41. The molecule has 2 saturated heterocycles. The standard InChI is InChI=1S/C21H29N3OS/c1-22-12-14-24(15-13-22)20-16-19(23-10-8-18(25-2)9-11-23)21(26-20)17-6-4-3-5-7-17/h3-7,16,18H,8-15H2,1-2H3. The fourth-order valence-corrected chi connectivity index (χ4v) is 5.15. The number of rotatable bonds is 4. The largest absolute Gasteiger partial charge is 0.381 e. The molecule has 0 N–H and O–H groups in total. The van der Waals surface area contributed by atoms with E-state index in [2.05, 4.69) is 58.1 Å². The lowest BCUT2D eigenvalue weighted by Gasteiger charge is -2.34. The van der Waals surface area contributed by atoms with Crippen LogP contribution in [0.2, 0.25) is 0 Å². The van der Waals surface area contributed by atoms with Crippen LogP contribution in [0.15, 0.2) is 36.4 Å². The summed E-state index contributed by atoms with van der Waals surface area (Å²) < 4.78 is 5.56. The fourth-order valence-electron chi connectivity index (χ4n) is 3.92. The molecule has 0 unspecified atom stereocenters. The van der Waals surface area contributed by atoms with Crippen molar-refractivity contribution in [2.24, 2.45) is 0 Å². The molecule has 3 heterocycles. The van der Waals surface area contributed by atoms with Gasteiger partial charge < -0.3 is 19.4 Å². The molecule has 0 bridgehead atoms. The summed E-state index contributed by atoms with van der Waals surface area (Å²) >= 11 is 1.96. The highest BCUT2D eigenvalue weighted by Crippen LogP contribution is 2.44. The molecular weight excluding hydrogens is 342 g/mol. The molecule has 1 aromatic heterocycles. The number of benzene rings is 1. The summed E-state index contributed by atoms with van der Waals surface area (Å²) in [6.45, 7) is 6.70. The van der Waals surface area contributed by atoms with E-state index in [-0.39, 0.29) is 0 Å². The van der Waals surface area contributed by atoms with E-state index in [1.165, 1.54) is 21.1 Å². The van der Waals surface area contributed by atoms with Gasteiger partial charge in [-0.25, -0.2) is 0 Å². The van der Waals surface area contributed by atoms with Gasteiger partial charge >= 0.3 is 0 Å². The summed E-state index contributed by atoms with van der Waals surface area (Å²) in [5, 5.41) is 1.42. The third-order valence-electron chi connectivity index (χ3n) is 5.67. The van der Waals surface area contributed by atoms with Crippen molar-refractivity contribution in [2.45, 2.75) is 18.9 Å². The smallest absolute Gasteiger partial charge is 0.0937 e. The van der Waals surface area contributed by atoms with Crippen molar-refractivity contribution in [1.29, 1.82) is 0 Å². The normalized spacial score (nSPS) is 19.9. The van der Waals surface area contributed by atoms with E-state index in [4.69, 9.17) is 4.74 Å². The van der Waals surface area contributed by atoms with Gasteiger partial charge in [0.2, 0.25) is 0 Å². The second-order valence-electron chi connectivity index (χ2n) is 7.38. The molecule has 2 aliphatic rings. The van der Waals surface area contributed by atoms with Crippen molar-refractivity contribution in [3.8, 4) is 10.4 Å². The van der Waals surface area contributed by atoms with E-state index in [9.17, 15) is 0 Å². The highest BCUT2D eigenvalue weighted by atomic mass is 32.1. The summed E-state index contributed by atoms with van der Waals surface area (Å²) in [6.07, 6.45) is 2.65. The number of hydrogen-bond acceptors (Lipinski definition) is 5. The Morgan fingerprint density at radius 1 is 0.923 bits per heavy atom. The van der Waals surface area contributed by atoms with E-state index in [0.29, 0.717) is 6.10 Å². The highest BCUT2D eigenvalue weighted by Gasteiger charge is 2.25. The van der Waals surface area contributed by atoms with Crippen molar-refractivity contribution < 1.29 is 4.74 Å². The number of piperazine rings is 1. The van der Waals surface area contributed by atoms with Crippen LogP contribution >= 0.6 is 11.3 Å². The van der Waals surface area contributed by atoms with E-state index in [0.717, 1.165) is 52.1 Å². The molecule has 26 heavy (non-hydrogen) atoms. The minimum absolute atomic E-state index is 0.419. The van der Waals surface area contributed by atoms with Gasteiger partial charge in [0, 0.05) is 46.4 Å². The van der Waals surface area contributed by atoms with Gasteiger partial charge in [0.1, 0.15) is 0 Å². The molecule has 5 heteroatoms. The Hall–Kier alpha value is -1.56. The first-order chi connectivity index (χ1) is 12.7. The van der Waals surface area contributed by atoms with Crippen LogP contribution in [-0.2, 0) is 4.74 Å². The first kappa shape index (κ1) is 17.8. The second kappa shape index (κ2) is 7.99. The average Bonchev–Trinajstić information content (AvgIpc) is 3.15. The molecule has 0 radical (unpaired) electrons. The first-order valence-corrected chi connectivity index (χ1v) is 10.5. The van der Waals surface area contributed by atoms with Gasteiger partial charge in [-0.2, -0.15) is 0 Å². The average molecular weight is 372 g/mol. The number of anilines is 2. The van der Waals surface area contributed by atoms with Gasteiger partial charge in [0.05, 0.1) is 21.7 Å². The molecule has 0 amide bonds. The Morgan fingerprint density at radius 2 is 1.62 bits per heavy atom. The number of nitrogens with zero attached hydrogens (tertiary/aromatic N) is 3. The molecule has 4 rings (SSSR count). The van der Waals surface area contributed by atoms with Crippen molar-refractivity contribution in [3.05, 3.63) is 36.4 Å². The molecule has 4 nitrogen and oxygen atoms in total. The minimum atomic E-state index is 0.419. The number of ether oxygens (including phenoxy) is 1. The van der Waals surface area contributed by atoms with Gasteiger partial charge in [-0.05, 0) is 31.5 Å². The lowest BCUT2D eigenvalue weighted by molar-refractivity contribution is 0.0819. The molecular formula is C21H29N3OS. The number of likely N-dealkylation sites (N-methyl/N-ethyl adjacent to an activating group) is 1. The Morgan fingerprint density at radius 3 is 2.27 bits per heavy atom. The molecule has 1 aromatic carbocycles. The van der Waals surface area contributed by atoms with Gasteiger partial charge in [-0.15, -0.1) is 11.3 Å². The van der Waals surface area contributed by atoms with Gasteiger partial charge in [-0.3, -0.25) is 0 Å². The molecule has 0 saturated carbocycles. The van der Waals surface area contributed by atoms with Crippen molar-refractivity contribution >= 4 is 22.0 Å². The summed E-state index contributed by atoms with van der Waals surface area (Å²) in [6, 6.07) is 13.3. The number of methoxy groups -OCH3 is 1. The van der Waals surface area contributed by atoms with E-state index >= 15 is 0 Å². The summed E-state index contributed by atoms with van der Waals surface area (Å²) in [5.41, 5.74) is 2.74. The monoisotopic (exact) mass is 371 g/mol.